The fourth-order valence-electron chi connectivity index (χ4n) is 11.7. The summed E-state index contributed by atoms with van der Waals surface area (Å²) in [4.78, 5) is 2.76. The van der Waals surface area contributed by atoms with Crippen LogP contribution in [0.3, 0.4) is 0 Å². The zero-order valence-corrected chi connectivity index (χ0v) is 28.2. The number of piperidine rings is 1. The number of likely N-dealkylation sites (tertiary alicyclic amines) is 1. The normalized spacial score (nSPS) is 30.1. The topological polar surface area (TPSA) is 23.5 Å². The Labute approximate surface area is 289 Å². The minimum absolute atomic E-state index is 0.00984. The van der Waals surface area contributed by atoms with Crippen molar-refractivity contribution in [1.29, 1.82) is 0 Å². The van der Waals surface area contributed by atoms with Crippen LogP contribution in [0, 0.1) is 17.8 Å². The van der Waals surface area contributed by atoms with E-state index in [2.05, 4.69) is 146 Å². The molecule has 0 aromatic heterocycles. The summed E-state index contributed by atoms with van der Waals surface area (Å²) in [5.41, 5.74) is 17.4. The zero-order valence-electron chi connectivity index (χ0n) is 28.2. The van der Waals surface area contributed by atoms with Crippen molar-refractivity contribution in [3.05, 3.63) is 183 Å². The molecule has 1 heterocycles. The molecule has 0 bridgehead atoms. The highest BCUT2D eigenvalue weighted by Crippen LogP contribution is 2.68. The first-order chi connectivity index (χ1) is 24.0. The zero-order chi connectivity index (χ0) is 32.6. The van der Waals surface area contributed by atoms with Crippen molar-refractivity contribution in [3.63, 3.8) is 0 Å². The molecule has 49 heavy (non-hydrogen) atoms. The van der Waals surface area contributed by atoms with Gasteiger partial charge in [-0.1, -0.05) is 135 Å². The van der Waals surface area contributed by atoms with Crippen LogP contribution >= 0.6 is 0 Å². The number of benzene rings is 3. The van der Waals surface area contributed by atoms with Crippen molar-refractivity contribution in [2.45, 2.75) is 62.5 Å². The molecule has 5 unspecified atom stereocenters. The van der Waals surface area contributed by atoms with E-state index in [0.717, 1.165) is 31.3 Å². The Morgan fingerprint density at radius 1 is 0.694 bits per heavy atom. The van der Waals surface area contributed by atoms with Crippen molar-refractivity contribution < 1.29 is 5.11 Å². The van der Waals surface area contributed by atoms with Crippen LogP contribution in [0.2, 0.25) is 0 Å². The van der Waals surface area contributed by atoms with E-state index in [0.29, 0.717) is 0 Å². The van der Waals surface area contributed by atoms with Gasteiger partial charge in [0.25, 0.3) is 0 Å². The Morgan fingerprint density at radius 2 is 1.33 bits per heavy atom. The smallest absolute Gasteiger partial charge is 0.0881 e. The molecule has 1 aliphatic heterocycles. The number of rotatable bonds is 1. The molecule has 0 radical (unpaired) electrons. The number of hydrogen-bond acceptors (Lipinski definition) is 2. The van der Waals surface area contributed by atoms with E-state index >= 15 is 0 Å². The van der Waals surface area contributed by atoms with Crippen LogP contribution in [0.1, 0.15) is 61.8 Å². The summed E-state index contributed by atoms with van der Waals surface area (Å²) < 4.78 is 0. The van der Waals surface area contributed by atoms with E-state index in [4.69, 9.17) is 0 Å². The first-order valence-corrected chi connectivity index (χ1v) is 18.4. The molecule has 240 valence electrons. The Balaban J connectivity index is 1.22. The first kappa shape index (κ1) is 28.2. The molecule has 1 N–H and O–H groups in total. The lowest BCUT2D eigenvalue weighted by Crippen LogP contribution is -2.59. The van der Waals surface area contributed by atoms with Crippen molar-refractivity contribution in [1.82, 2.24) is 4.90 Å². The van der Waals surface area contributed by atoms with Gasteiger partial charge < -0.3 is 10.0 Å². The summed E-state index contributed by atoms with van der Waals surface area (Å²) in [6.07, 6.45) is 25.5. The number of hydrogen-bond donors (Lipinski definition) is 1. The number of fused-ring (bicyclic) bond motifs is 15. The summed E-state index contributed by atoms with van der Waals surface area (Å²) in [5, 5.41) is 12.2. The van der Waals surface area contributed by atoms with Crippen LogP contribution in [0.5, 0.6) is 0 Å². The number of nitrogens with zero attached hydrogens (tertiary/aromatic N) is 1. The van der Waals surface area contributed by atoms with E-state index < -0.39 is 6.10 Å². The molecule has 0 amide bonds. The second-order valence-electron chi connectivity index (χ2n) is 15.8. The minimum atomic E-state index is -0.506. The third kappa shape index (κ3) is 3.32. The van der Waals surface area contributed by atoms with Crippen LogP contribution in [0.15, 0.2) is 161 Å². The van der Waals surface area contributed by atoms with Crippen LogP contribution in [-0.4, -0.2) is 22.2 Å². The molecule has 1 spiro atoms. The number of allylic oxidation sites excluding steroid dienone is 10. The van der Waals surface area contributed by atoms with Crippen LogP contribution < -0.4 is 0 Å². The summed E-state index contributed by atoms with van der Waals surface area (Å²) in [7, 11) is 0. The van der Waals surface area contributed by atoms with Gasteiger partial charge in [0.2, 0.25) is 0 Å². The van der Waals surface area contributed by atoms with E-state index in [9.17, 15) is 5.11 Å². The molecule has 3 aromatic carbocycles. The van der Waals surface area contributed by atoms with Gasteiger partial charge in [-0.05, 0) is 93.0 Å². The van der Waals surface area contributed by atoms with Gasteiger partial charge in [0.05, 0.1) is 17.6 Å². The van der Waals surface area contributed by atoms with Gasteiger partial charge in [-0.25, -0.2) is 0 Å². The monoisotopic (exact) mass is 635 g/mol. The van der Waals surface area contributed by atoms with Gasteiger partial charge in [-0.3, -0.25) is 0 Å². The molecule has 1 saturated carbocycles. The summed E-state index contributed by atoms with van der Waals surface area (Å²) >= 11 is 0. The minimum Gasteiger partial charge on any atom is -0.388 e. The maximum atomic E-state index is 12.2. The lowest BCUT2D eigenvalue weighted by atomic mass is 9.53. The fourth-order valence-corrected chi connectivity index (χ4v) is 11.7. The molecular formula is C47H41NO. The summed E-state index contributed by atoms with van der Waals surface area (Å²) in [5.74, 6) is 0.335. The maximum Gasteiger partial charge on any atom is 0.0881 e. The Bertz CT molecular complexity index is 2220. The maximum absolute atomic E-state index is 12.2. The van der Waals surface area contributed by atoms with E-state index in [-0.39, 0.29) is 34.6 Å². The van der Waals surface area contributed by atoms with Gasteiger partial charge in [-0.2, -0.15) is 0 Å². The van der Waals surface area contributed by atoms with Gasteiger partial charge >= 0.3 is 0 Å². The first-order valence-electron chi connectivity index (χ1n) is 18.4. The number of aliphatic hydroxyl groups excluding tert-OH is 1. The highest BCUT2D eigenvalue weighted by atomic mass is 16.3. The highest BCUT2D eigenvalue weighted by molar-refractivity contribution is 5.91. The Kier molecular flexibility index (Phi) is 5.60. The van der Waals surface area contributed by atoms with Gasteiger partial charge in [0.15, 0.2) is 0 Å². The van der Waals surface area contributed by atoms with Crippen molar-refractivity contribution in [2.75, 3.05) is 0 Å². The van der Waals surface area contributed by atoms with Gasteiger partial charge in [-0.15, -0.1) is 0 Å². The second kappa shape index (κ2) is 9.73. The van der Waals surface area contributed by atoms with Crippen LogP contribution in [0.25, 0.3) is 16.7 Å². The van der Waals surface area contributed by atoms with Crippen molar-refractivity contribution >= 4 is 5.57 Å². The van der Waals surface area contributed by atoms with E-state index in [1.807, 2.05) is 0 Å². The molecule has 7 aliphatic carbocycles. The van der Waals surface area contributed by atoms with E-state index in [1.165, 1.54) is 67.1 Å². The van der Waals surface area contributed by atoms with Crippen molar-refractivity contribution in [2.24, 2.45) is 17.8 Å². The fraction of sp³-hybridized carbons (Fsp3) is 0.277. The van der Waals surface area contributed by atoms with E-state index in [1.54, 1.807) is 0 Å². The van der Waals surface area contributed by atoms with Gasteiger partial charge in [0.1, 0.15) is 0 Å². The molecule has 2 nitrogen and oxygen atoms in total. The molecule has 11 rings (SSSR count). The highest BCUT2D eigenvalue weighted by Gasteiger charge is 2.63. The summed E-state index contributed by atoms with van der Waals surface area (Å²) in [6.45, 7) is 4.91. The second-order valence-corrected chi connectivity index (χ2v) is 15.8. The van der Waals surface area contributed by atoms with Gasteiger partial charge in [0, 0.05) is 34.6 Å². The molecular weight excluding hydrogens is 595 g/mol. The quantitative estimate of drug-likeness (QED) is 0.288. The predicted molar refractivity (Wildman–Crippen MR) is 198 cm³/mol. The molecule has 8 aliphatic rings. The summed E-state index contributed by atoms with van der Waals surface area (Å²) in [6, 6.07) is 27.6. The molecule has 1 saturated heterocycles. The average Bonchev–Trinajstić information content (AvgIpc) is 3.70. The van der Waals surface area contributed by atoms with Crippen LogP contribution in [-0.2, 0) is 10.8 Å². The molecule has 3 aromatic rings. The lowest BCUT2D eigenvalue weighted by Gasteiger charge is -2.59. The largest absolute Gasteiger partial charge is 0.388 e. The average molecular weight is 636 g/mol. The third-order valence-corrected chi connectivity index (χ3v) is 13.4. The van der Waals surface area contributed by atoms with Crippen LogP contribution in [0.4, 0.5) is 0 Å². The third-order valence-electron chi connectivity index (χ3n) is 13.4. The molecule has 5 atom stereocenters. The molecule has 2 fully saturated rings. The Morgan fingerprint density at radius 3 is 2.08 bits per heavy atom. The predicted octanol–water partition coefficient (Wildman–Crippen LogP) is 9.88. The Hall–Kier alpha value is -4.66. The SMILES string of the molecule is CC1(C)C2=C(C=CC3C2N(C2=CC=CC4C5=CCCC=C5C(O)C24)C2=CCCC=C2C32c3ccccc3-c3ccccc32)c2ccccc21. The lowest BCUT2D eigenvalue weighted by molar-refractivity contribution is 0.122. The van der Waals surface area contributed by atoms with Crippen molar-refractivity contribution in [3.8, 4) is 11.1 Å². The standard InChI is InChI=1S/C47H41NO/c1-46(2)35-20-8-5-17-31(35)33-26-27-39-44(43(33)46)48(41-25-13-19-32-28-14-3-4-18-34(28)45(49)42(32)41)40-24-12-11-23-38(40)47(39)36-21-9-6-15-29(36)30-16-7-10-22-37(30)47/h5-10,13-27,32,39,42,44-45,49H,3-4,11-12H2,1-2H3. The molecule has 2 heteroatoms. The number of aliphatic hydroxyl groups is 1.